The van der Waals surface area contributed by atoms with Crippen LogP contribution >= 0.6 is 27.3 Å². The van der Waals surface area contributed by atoms with E-state index in [4.69, 9.17) is 5.73 Å². The number of thiophene rings is 1. The molecule has 6 nitrogen and oxygen atoms in total. The minimum absolute atomic E-state index is 0.391. The van der Waals surface area contributed by atoms with Crippen molar-refractivity contribution in [3.05, 3.63) is 27.9 Å². The molecule has 0 saturated carbocycles. The predicted octanol–water partition coefficient (Wildman–Crippen LogP) is 2.37. The smallest absolute Gasteiger partial charge is 0.170 e. The van der Waals surface area contributed by atoms with Crippen LogP contribution < -0.4 is 11.1 Å². The van der Waals surface area contributed by atoms with Crippen molar-refractivity contribution in [1.82, 2.24) is 20.2 Å². The summed E-state index contributed by atoms with van der Waals surface area (Å²) in [5.74, 6) is 0.974. The highest BCUT2D eigenvalue weighted by Crippen LogP contribution is 2.24. The number of H-pyrrole nitrogens is 1. The van der Waals surface area contributed by atoms with Gasteiger partial charge in [-0.3, -0.25) is 5.10 Å². The number of hydrogen-bond donors (Lipinski definition) is 3. The third kappa shape index (κ3) is 2.16. The molecule has 0 saturated heterocycles. The van der Waals surface area contributed by atoms with E-state index in [9.17, 15) is 0 Å². The third-order valence-electron chi connectivity index (χ3n) is 2.38. The molecule has 3 aromatic rings. The van der Waals surface area contributed by atoms with E-state index in [1.807, 2.05) is 6.20 Å². The topological polar surface area (TPSA) is 92.5 Å². The van der Waals surface area contributed by atoms with Crippen LogP contribution in [0.25, 0.3) is 10.2 Å². The summed E-state index contributed by atoms with van der Waals surface area (Å²) in [6.07, 6.45) is 3.39. The second-order valence-electron chi connectivity index (χ2n) is 3.64. The molecular formula is C10H9BrN6S. The van der Waals surface area contributed by atoms with Crippen LogP contribution in [0.15, 0.2) is 23.1 Å². The quantitative estimate of drug-likeness (QED) is 0.687. The summed E-state index contributed by atoms with van der Waals surface area (Å²) < 4.78 is 1.79. The van der Waals surface area contributed by atoms with Crippen LogP contribution in [0.4, 0.5) is 11.6 Å². The summed E-state index contributed by atoms with van der Waals surface area (Å²) in [4.78, 5) is 9.43. The zero-order valence-electron chi connectivity index (χ0n) is 9.14. The Hall–Kier alpha value is -1.67. The molecule has 0 amide bonds. The van der Waals surface area contributed by atoms with Gasteiger partial charge in [-0.15, -0.1) is 11.3 Å². The molecule has 18 heavy (non-hydrogen) atoms. The Balaban J connectivity index is 1.77. The summed E-state index contributed by atoms with van der Waals surface area (Å²) in [6, 6.07) is 2.06. The fourth-order valence-corrected chi connectivity index (χ4v) is 2.77. The lowest BCUT2D eigenvalue weighted by atomic mass is 10.4. The minimum Gasteiger partial charge on any atom is -0.381 e. The van der Waals surface area contributed by atoms with Crippen molar-refractivity contribution in [2.75, 3.05) is 11.1 Å². The number of aromatic nitrogens is 4. The number of anilines is 2. The number of nitrogens with one attached hydrogen (secondary N) is 2. The van der Waals surface area contributed by atoms with Crippen molar-refractivity contribution < 1.29 is 0 Å². The lowest BCUT2D eigenvalue weighted by Crippen LogP contribution is -2.05. The molecule has 0 aliphatic carbocycles. The number of hydrogen-bond acceptors (Lipinski definition) is 6. The van der Waals surface area contributed by atoms with Crippen molar-refractivity contribution in [3.8, 4) is 0 Å². The second-order valence-corrected chi connectivity index (χ2v) is 5.62. The maximum atomic E-state index is 5.74. The fraction of sp³-hybridized carbons (Fsp3) is 0.100. The van der Waals surface area contributed by atoms with Crippen LogP contribution in [-0.4, -0.2) is 20.2 Å². The van der Waals surface area contributed by atoms with Crippen LogP contribution in [0, 0.1) is 0 Å². The number of rotatable bonds is 3. The largest absolute Gasteiger partial charge is 0.381 e. The molecule has 0 aliphatic rings. The van der Waals surface area contributed by atoms with Crippen molar-refractivity contribution in [2.45, 2.75) is 6.54 Å². The van der Waals surface area contributed by atoms with Gasteiger partial charge in [0.25, 0.3) is 0 Å². The molecular weight excluding hydrogens is 316 g/mol. The van der Waals surface area contributed by atoms with Crippen molar-refractivity contribution in [3.63, 3.8) is 0 Å². The molecule has 3 rings (SSSR count). The maximum Gasteiger partial charge on any atom is 0.170 e. The van der Waals surface area contributed by atoms with Gasteiger partial charge in [0.05, 0.1) is 29.2 Å². The number of nitrogens with zero attached hydrogens (tertiary/aromatic N) is 3. The van der Waals surface area contributed by atoms with Crippen LogP contribution in [-0.2, 0) is 6.54 Å². The first-order chi connectivity index (χ1) is 8.72. The maximum absolute atomic E-state index is 5.74. The highest BCUT2D eigenvalue weighted by atomic mass is 79.9. The molecule has 3 heterocycles. The van der Waals surface area contributed by atoms with Gasteiger partial charge < -0.3 is 11.1 Å². The lowest BCUT2D eigenvalue weighted by molar-refractivity contribution is 1.09. The highest BCUT2D eigenvalue weighted by molar-refractivity contribution is 9.10. The van der Waals surface area contributed by atoms with Gasteiger partial charge in [0.15, 0.2) is 11.6 Å². The van der Waals surface area contributed by atoms with Crippen LogP contribution in [0.2, 0.25) is 0 Å². The van der Waals surface area contributed by atoms with Gasteiger partial charge in [0, 0.05) is 4.88 Å². The van der Waals surface area contributed by atoms with Crippen molar-refractivity contribution in [1.29, 1.82) is 0 Å². The van der Waals surface area contributed by atoms with E-state index < -0.39 is 0 Å². The Kier molecular flexibility index (Phi) is 2.88. The van der Waals surface area contributed by atoms with Crippen LogP contribution in [0.1, 0.15) is 4.88 Å². The molecule has 0 aliphatic heterocycles. The molecule has 0 fully saturated rings. The summed E-state index contributed by atoms with van der Waals surface area (Å²) in [6.45, 7) is 0.655. The number of nitrogen functional groups attached to an aromatic ring is 1. The summed E-state index contributed by atoms with van der Waals surface area (Å²) in [7, 11) is 0. The summed E-state index contributed by atoms with van der Waals surface area (Å²) in [5.41, 5.74) is 6.79. The van der Waals surface area contributed by atoms with Crippen LogP contribution in [0.3, 0.4) is 0 Å². The summed E-state index contributed by atoms with van der Waals surface area (Å²) in [5, 5.41) is 10.1. The van der Waals surface area contributed by atoms with Gasteiger partial charge >= 0.3 is 0 Å². The molecule has 0 radical (unpaired) electrons. The van der Waals surface area contributed by atoms with Gasteiger partial charge in [-0.1, -0.05) is 0 Å². The van der Waals surface area contributed by atoms with Gasteiger partial charge in [0.2, 0.25) is 0 Å². The van der Waals surface area contributed by atoms with Crippen molar-refractivity contribution in [2.24, 2.45) is 0 Å². The number of aromatic amines is 1. The fourth-order valence-electron chi connectivity index (χ4n) is 1.57. The average Bonchev–Trinajstić information content (AvgIpc) is 2.90. The zero-order chi connectivity index (χ0) is 12.5. The first kappa shape index (κ1) is 11.4. The van der Waals surface area contributed by atoms with E-state index in [2.05, 4.69) is 47.5 Å². The predicted molar refractivity (Wildman–Crippen MR) is 75.4 cm³/mol. The first-order valence-corrected chi connectivity index (χ1v) is 6.77. The monoisotopic (exact) mass is 324 g/mol. The lowest BCUT2D eigenvalue weighted by Gasteiger charge is -2.06. The van der Waals surface area contributed by atoms with Gasteiger partial charge in [-0.05, 0) is 22.0 Å². The van der Waals surface area contributed by atoms with Gasteiger partial charge in [0.1, 0.15) is 4.60 Å². The Labute approximate surface area is 115 Å². The molecule has 8 heteroatoms. The van der Waals surface area contributed by atoms with Gasteiger partial charge in [-0.2, -0.15) is 5.10 Å². The van der Waals surface area contributed by atoms with E-state index in [1.165, 1.54) is 4.88 Å². The zero-order valence-corrected chi connectivity index (χ0v) is 11.5. The molecule has 92 valence electrons. The Morgan fingerprint density at radius 2 is 2.33 bits per heavy atom. The molecule has 4 N–H and O–H groups in total. The molecule has 0 atom stereocenters. The normalized spacial score (nSPS) is 10.9. The van der Waals surface area contributed by atoms with Crippen LogP contribution in [0.5, 0.6) is 0 Å². The van der Waals surface area contributed by atoms with E-state index in [1.54, 1.807) is 17.5 Å². The third-order valence-corrected chi connectivity index (χ3v) is 3.83. The molecule has 0 unspecified atom stereocenters. The molecule has 0 aromatic carbocycles. The Morgan fingerprint density at radius 1 is 1.44 bits per heavy atom. The number of fused-ring (bicyclic) bond motifs is 1. The van der Waals surface area contributed by atoms with E-state index in [-0.39, 0.29) is 0 Å². The SMILES string of the molecule is Nc1ncc(Br)nc1NCc1cc2[nH]ncc2s1. The Morgan fingerprint density at radius 3 is 3.17 bits per heavy atom. The molecule has 0 spiro atoms. The summed E-state index contributed by atoms with van der Waals surface area (Å²) >= 11 is 4.94. The van der Waals surface area contributed by atoms with Crippen molar-refractivity contribution >= 4 is 49.1 Å². The molecule has 3 aromatic heterocycles. The highest BCUT2D eigenvalue weighted by Gasteiger charge is 2.06. The van der Waals surface area contributed by atoms with E-state index >= 15 is 0 Å². The van der Waals surface area contributed by atoms with E-state index in [0.29, 0.717) is 22.8 Å². The van der Waals surface area contributed by atoms with E-state index in [0.717, 1.165) is 10.2 Å². The minimum atomic E-state index is 0.391. The standard InChI is InChI=1S/C10H9BrN6S/c11-8-4-13-9(12)10(16-8)14-2-5-1-6-7(18-5)3-15-17-6/h1,3-4H,2H2,(H2,12,13)(H,14,16)(H,15,17). The second kappa shape index (κ2) is 4.54. The number of halogens is 1. The Bertz CT molecular complexity index is 662. The average molecular weight is 325 g/mol. The molecule has 0 bridgehead atoms. The van der Waals surface area contributed by atoms with Gasteiger partial charge in [-0.25, -0.2) is 9.97 Å². The first-order valence-electron chi connectivity index (χ1n) is 5.16. The number of nitrogens with two attached hydrogens (primary N) is 1.